The Kier molecular flexibility index (Phi) is 10.2. The van der Waals surface area contributed by atoms with Gasteiger partial charge in [-0.25, -0.2) is 0 Å². The van der Waals surface area contributed by atoms with Crippen LogP contribution in [0.15, 0.2) is 279 Å². The number of hydrogen-bond acceptors (Lipinski definition) is 1. The molecule has 0 aliphatic rings. The molecule has 0 aliphatic heterocycles. The van der Waals surface area contributed by atoms with Crippen LogP contribution >= 0.6 is 0 Å². The SMILES string of the molecule is c1ccc(-c2ccc(N(c3ccc(-c4ccccc4)c(-c4ccccc4)c3)c3ccccc3-c3ccccc3-n3c4ccccc4c4c5ccccc5ccc43)c(-c3ccc4ccccc4c3)c2)cc1. The fourth-order valence-corrected chi connectivity index (χ4v) is 10.7. The third-order valence-electron chi connectivity index (χ3n) is 14.0. The van der Waals surface area contributed by atoms with Crippen molar-refractivity contribution in [2.75, 3.05) is 4.90 Å². The fourth-order valence-electron chi connectivity index (χ4n) is 10.7. The number of hydrogen-bond donors (Lipinski definition) is 0. The Morgan fingerprint density at radius 2 is 0.829 bits per heavy atom. The molecule has 70 heavy (non-hydrogen) atoms. The van der Waals surface area contributed by atoms with Crippen molar-refractivity contribution in [3.05, 3.63) is 279 Å². The van der Waals surface area contributed by atoms with Gasteiger partial charge >= 0.3 is 0 Å². The molecule has 0 saturated carbocycles. The Hall–Kier alpha value is -9.24. The fraction of sp³-hybridized carbons (Fsp3) is 0. The molecule has 0 bridgehead atoms. The quantitative estimate of drug-likeness (QED) is 0.140. The second-order valence-electron chi connectivity index (χ2n) is 18.0. The van der Waals surface area contributed by atoms with Crippen molar-refractivity contribution in [2.45, 2.75) is 0 Å². The summed E-state index contributed by atoms with van der Waals surface area (Å²) < 4.78 is 2.48. The summed E-state index contributed by atoms with van der Waals surface area (Å²) in [6.07, 6.45) is 0. The van der Waals surface area contributed by atoms with Gasteiger partial charge in [-0.2, -0.15) is 0 Å². The molecule has 328 valence electrons. The zero-order valence-corrected chi connectivity index (χ0v) is 38.5. The van der Waals surface area contributed by atoms with Crippen LogP contribution in [0.3, 0.4) is 0 Å². The second kappa shape index (κ2) is 17.4. The van der Waals surface area contributed by atoms with Crippen LogP contribution in [-0.4, -0.2) is 4.57 Å². The van der Waals surface area contributed by atoms with Gasteiger partial charge in [-0.05, 0) is 115 Å². The van der Waals surface area contributed by atoms with Crippen LogP contribution < -0.4 is 4.90 Å². The van der Waals surface area contributed by atoms with Gasteiger partial charge in [0.05, 0.1) is 28.1 Å². The average Bonchev–Trinajstić information content (AvgIpc) is 3.79. The number of benzene rings is 12. The highest BCUT2D eigenvalue weighted by Crippen LogP contribution is 2.49. The van der Waals surface area contributed by atoms with Gasteiger partial charge in [0, 0.05) is 33.2 Å². The van der Waals surface area contributed by atoms with Gasteiger partial charge < -0.3 is 9.47 Å². The Morgan fingerprint density at radius 1 is 0.257 bits per heavy atom. The first-order chi connectivity index (χ1) is 34.7. The maximum Gasteiger partial charge on any atom is 0.0547 e. The highest BCUT2D eigenvalue weighted by molar-refractivity contribution is 6.21. The van der Waals surface area contributed by atoms with Gasteiger partial charge in [0.25, 0.3) is 0 Å². The molecule has 2 heteroatoms. The first-order valence-corrected chi connectivity index (χ1v) is 24.1. The highest BCUT2D eigenvalue weighted by Gasteiger charge is 2.25. The summed E-state index contributed by atoms with van der Waals surface area (Å²) in [4.78, 5) is 2.51. The summed E-state index contributed by atoms with van der Waals surface area (Å²) in [6, 6.07) is 102. The van der Waals surface area contributed by atoms with Crippen LogP contribution in [0.1, 0.15) is 0 Å². The molecule has 0 fully saturated rings. The molecule has 13 rings (SSSR count). The Balaban J connectivity index is 1.10. The average molecular weight is 891 g/mol. The Morgan fingerprint density at radius 3 is 1.61 bits per heavy atom. The number of rotatable bonds is 9. The van der Waals surface area contributed by atoms with E-state index in [9.17, 15) is 0 Å². The van der Waals surface area contributed by atoms with E-state index < -0.39 is 0 Å². The van der Waals surface area contributed by atoms with Crippen LogP contribution in [-0.2, 0) is 0 Å². The van der Waals surface area contributed by atoms with E-state index in [0.717, 1.165) is 61.7 Å². The summed E-state index contributed by atoms with van der Waals surface area (Å²) >= 11 is 0. The van der Waals surface area contributed by atoms with Crippen LogP contribution in [0.2, 0.25) is 0 Å². The molecule has 12 aromatic carbocycles. The predicted octanol–water partition coefficient (Wildman–Crippen LogP) is 18.9. The predicted molar refractivity (Wildman–Crippen MR) is 298 cm³/mol. The highest BCUT2D eigenvalue weighted by atomic mass is 15.1. The lowest BCUT2D eigenvalue weighted by Crippen LogP contribution is -2.13. The molecule has 1 aromatic heterocycles. The molecular formula is C68H46N2. The summed E-state index contributed by atoms with van der Waals surface area (Å²) in [5.41, 5.74) is 18.2. The summed E-state index contributed by atoms with van der Waals surface area (Å²) in [5.74, 6) is 0. The number of fused-ring (bicyclic) bond motifs is 6. The molecule has 0 N–H and O–H groups in total. The molecule has 2 nitrogen and oxygen atoms in total. The topological polar surface area (TPSA) is 8.17 Å². The minimum Gasteiger partial charge on any atom is -0.309 e. The zero-order chi connectivity index (χ0) is 46.4. The second-order valence-corrected chi connectivity index (χ2v) is 18.0. The minimum absolute atomic E-state index is 1.06. The molecule has 13 aromatic rings. The number of anilines is 3. The third-order valence-corrected chi connectivity index (χ3v) is 14.0. The van der Waals surface area contributed by atoms with E-state index in [1.54, 1.807) is 0 Å². The summed E-state index contributed by atoms with van der Waals surface area (Å²) in [5, 5.41) is 7.42. The lowest BCUT2D eigenvalue weighted by atomic mass is 9.92. The van der Waals surface area contributed by atoms with E-state index in [-0.39, 0.29) is 0 Å². The molecule has 0 unspecified atom stereocenters. The van der Waals surface area contributed by atoms with E-state index in [4.69, 9.17) is 0 Å². The monoisotopic (exact) mass is 890 g/mol. The zero-order valence-electron chi connectivity index (χ0n) is 38.5. The summed E-state index contributed by atoms with van der Waals surface area (Å²) in [7, 11) is 0. The molecule has 0 amide bonds. The van der Waals surface area contributed by atoms with Gasteiger partial charge in [0.1, 0.15) is 0 Å². The van der Waals surface area contributed by atoms with Crippen molar-refractivity contribution in [3.63, 3.8) is 0 Å². The maximum absolute atomic E-state index is 2.51. The van der Waals surface area contributed by atoms with Gasteiger partial charge in [-0.3, -0.25) is 0 Å². The number of aromatic nitrogens is 1. The van der Waals surface area contributed by atoms with E-state index in [1.807, 2.05) is 0 Å². The first kappa shape index (κ1) is 41.0. The van der Waals surface area contributed by atoms with Crippen LogP contribution in [0, 0.1) is 0 Å². The Labute approximate surface area is 408 Å². The van der Waals surface area contributed by atoms with Crippen molar-refractivity contribution in [1.29, 1.82) is 0 Å². The van der Waals surface area contributed by atoms with E-state index >= 15 is 0 Å². The molecule has 0 aliphatic carbocycles. The van der Waals surface area contributed by atoms with Crippen molar-refractivity contribution in [1.82, 2.24) is 4.57 Å². The summed E-state index contributed by atoms with van der Waals surface area (Å²) in [6.45, 7) is 0. The van der Waals surface area contributed by atoms with Gasteiger partial charge in [-0.15, -0.1) is 0 Å². The molecule has 0 radical (unpaired) electrons. The van der Waals surface area contributed by atoms with Crippen molar-refractivity contribution >= 4 is 60.4 Å². The van der Waals surface area contributed by atoms with E-state index in [2.05, 4.69) is 289 Å². The van der Waals surface area contributed by atoms with Gasteiger partial charge in [0.15, 0.2) is 0 Å². The lowest BCUT2D eigenvalue weighted by molar-refractivity contribution is 1.18. The minimum atomic E-state index is 1.06. The lowest BCUT2D eigenvalue weighted by Gasteiger charge is -2.31. The van der Waals surface area contributed by atoms with Gasteiger partial charge in [-0.1, -0.05) is 224 Å². The molecule has 0 spiro atoms. The van der Waals surface area contributed by atoms with Crippen molar-refractivity contribution in [2.24, 2.45) is 0 Å². The first-order valence-electron chi connectivity index (χ1n) is 24.1. The van der Waals surface area contributed by atoms with Crippen LogP contribution in [0.25, 0.3) is 105 Å². The van der Waals surface area contributed by atoms with E-state index in [1.165, 1.54) is 60.0 Å². The molecule has 0 atom stereocenters. The molecule has 1 heterocycles. The standard InChI is InChI=1S/C68H46N2/c1-4-20-47(21-5-1)53-39-42-66(62(45-53)54-37-36-48-22-10-11-28-52(48)44-54)69(55-40-41-56(49-23-6-2-7-24-49)61(46-55)50-25-8-3-9-26-50)63-33-17-14-30-58(63)59-31-15-18-34-64(59)70-65-35-19-16-32-60(65)68-57-29-13-12-27-51(57)38-43-67(68)70/h1-46H. The third kappa shape index (κ3) is 7.13. The maximum atomic E-state index is 2.51. The molecule has 0 saturated heterocycles. The normalized spacial score (nSPS) is 11.4. The number of para-hydroxylation sites is 3. The Bertz CT molecular complexity index is 4060. The van der Waals surface area contributed by atoms with Crippen molar-refractivity contribution in [3.8, 4) is 61.3 Å². The smallest absolute Gasteiger partial charge is 0.0547 e. The van der Waals surface area contributed by atoms with Crippen molar-refractivity contribution < 1.29 is 0 Å². The number of nitrogens with zero attached hydrogens (tertiary/aromatic N) is 2. The van der Waals surface area contributed by atoms with Gasteiger partial charge in [0.2, 0.25) is 0 Å². The van der Waals surface area contributed by atoms with E-state index in [0.29, 0.717) is 0 Å². The van der Waals surface area contributed by atoms with Crippen LogP contribution in [0.4, 0.5) is 17.1 Å². The van der Waals surface area contributed by atoms with Crippen LogP contribution in [0.5, 0.6) is 0 Å². The largest absolute Gasteiger partial charge is 0.309 e. The molecular weight excluding hydrogens is 845 g/mol.